The maximum absolute atomic E-state index is 13.6. The number of nitrogens with two attached hydrogens (primary N) is 1. The molecule has 1 aromatic heterocycles. The van der Waals surface area contributed by atoms with Gasteiger partial charge in [-0.25, -0.2) is 0 Å². The fourth-order valence-corrected chi connectivity index (χ4v) is 4.52. The molecule has 2 heterocycles. The van der Waals surface area contributed by atoms with Crippen molar-refractivity contribution >= 4 is 28.3 Å². The molecule has 208 valence electrons. The smallest absolute Gasteiger partial charge is 0.290 e. The molecule has 0 radical (unpaired) electrons. The lowest BCUT2D eigenvalue weighted by Gasteiger charge is -2.36. The van der Waals surface area contributed by atoms with Crippen LogP contribution in [0.25, 0.3) is 11.0 Å². The molecule has 0 saturated heterocycles. The molecular weight excluding hydrogens is 504 g/mol. The molecule has 4 N–H and O–H groups in total. The van der Waals surface area contributed by atoms with E-state index in [9.17, 15) is 9.59 Å². The number of benzene rings is 2. The molecule has 0 bridgehead atoms. The van der Waals surface area contributed by atoms with Crippen LogP contribution < -0.4 is 16.5 Å². The fraction of sp³-hybridized carbons (Fsp3) is 0.379. The number of fused-ring (bicyclic) bond motifs is 1. The number of hydrogen-bond donors (Lipinski definition) is 3. The largest absolute Gasteiger partial charge is 0.464 e. The van der Waals surface area contributed by atoms with E-state index in [4.69, 9.17) is 34.2 Å². The fourth-order valence-electron chi connectivity index (χ4n) is 4.52. The molecule has 2 aromatic carbocycles. The first-order valence-corrected chi connectivity index (χ1v) is 13.0. The first-order valence-electron chi connectivity index (χ1n) is 13.0. The summed E-state index contributed by atoms with van der Waals surface area (Å²) in [5, 5.41) is 12.1. The lowest BCUT2D eigenvalue weighted by molar-refractivity contribution is -0.166. The number of allylic oxidation sites excluding steroid dienone is 1. The molecule has 0 aliphatic carbocycles. The summed E-state index contributed by atoms with van der Waals surface area (Å²) in [6.07, 6.45) is 2.74. The number of carbonyl (C=O) groups is 1. The molecule has 4 rings (SSSR count). The number of aliphatic hydroxyl groups excluding tert-OH is 1. The van der Waals surface area contributed by atoms with E-state index in [1.165, 1.54) is 6.26 Å². The van der Waals surface area contributed by atoms with Crippen LogP contribution >= 0.6 is 0 Å². The van der Waals surface area contributed by atoms with Crippen molar-refractivity contribution in [2.45, 2.75) is 25.6 Å². The van der Waals surface area contributed by atoms with Crippen molar-refractivity contribution in [3.63, 3.8) is 0 Å². The van der Waals surface area contributed by atoms with E-state index in [0.29, 0.717) is 60.8 Å². The van der Waals surface area contributed by atoms with Gasteiger partial charge < -0.3 is 39.5 Å². The molecule has 0 saturated carbocycles. The summed E-state index contributed by atoms with van der Waals surface area (Å²) >= 11 is 0. The first-order chi connectivity index (χ1) is 19.0. The average Bonchev–Trinajstić information content (AvgIpc) is 2.95. The van der Waals surface area contributed by atoms with Crippen LogP contribution in [0.1, 0.15) is 24.8 Å². The van der Waals surface area contributed by atoms with Crippen LogP contribution in [-0.2, 0) is 23.7 Å². The molecule has 3 atom stereocenters. The van der Waals surface area contributed by atoms with E-state index in [0.717, 1.165) is 0 Å². The Hall–Kier alpha value is -3.70. The topological polar surface area (TPSA) is 142 Å². The van der Waals surface area contributed by atoms with Gasteiger partial charge in [0.2, 0.25) is 6.29 Å². The molecular formula is C29H34N2O8. The molecule has 39 heavy (non-hydrogen) atoms. The highest BCUT2D eigenvalue weighted by Crippen LogP contribution is 2.38. The van der Waals surface area contributed by atoms with E-state index in [1.54, 1.807) is 54.6 Å². The lowest BCUT2D eigenvalue weighted by atomic mass is 9.81. The van der Waals surface area contributed by atoms with Gasteiger partial charge in [0.25, 0.3) is 5.91 Å². The van der Waals surface area contributed by atoms with Crippen LogP contribution in [0.3, 0.4) is 0 Å². The number of nitrogen functional groups attached to an aromatic ring is 1. The lowest BCUT2D eigenvalue weighted by Crippen LogP contribution is -2.39. The van der Waals surface area contributed by atoms with E-state index in [1.807, 2.05) is 6.92 Å². The number of aliphatic hydroxyl groups is 1. The van der Waals surface area contributed by atoms with Crippen molar-refractivity contribution in [2.75, 3.05) is 50.7 Å². The SMILES string of the molecule is CCO[C@@H]1OC(C(=O)Nc2ccccc2N)=C[C@H](c2coc3ccccc3c2=O)[C@H]1CCOCCOCCO. The minimum absolute atomic E-state index is 0.0174. The van der Waals surface area contributed by atoms with Crippen LogP contribution in [0.15, 0.2) is 75.8 Å². The van der Waals surface area contributed by atoms with Crippen molar-refractivity contribution in [1.29, 1.82) is 0 Å². The zero-order valence-corrected chi connectivity index (χ0v) is 21.8. The minimum atomic E-state index is -0.820. The normalized spacial score (nSPS) is 18.9. The van der Waals surface area contributed by atoms with E-state index >= 15 is 0 Å². The third kappa shape index (κ3) is 7.04. The van der Waals surface area contributed by atoms with Crippen LogP contribution in [0.4, 0.5) is 11.4 Å². The predicted molar refractivity (Wildman–Crippen MR) is 146 cm³/mol. The third-order valence-corrected chi connectivity index (χ3v) is 6.42. The highest BCUT2D eigenvalue weighted by molar-refractivity contribution is 6.04. The molecule has 0 fully saturated rings. The molecule has 1 amide bonds. The van der Waals surface area contributed by atoms with Gasteiger partial charge in [-0.15, -0.1) is 0 Å². The Morgan fingerprint density at radius 3 is 2.56 bits per heavy atom. The highest BCUT2D eigenvalue weighted by Gasteiger charge is 2.39. The van der Waals surface area contributed by atoms with Crippen molar-refractivity contribution in [3.8, 4) is 0 Å². The Kier molecular flexibility index (Phi) is 10.1. The van der Waals surface area contributed by atoms with Gasteiger partial charge in [-0.05, 0) is 43.7 Å². The summed E-state index contributed by atoms with van der Waals surface area (Å²) in [6.45, 7) is 3.39. The zero-order chi connectivity index (χ0) is 27.6. The molecule has 0 unspecified atom stereocenters. The number of rotatable bonds is 13. The van der Waals surface area contributed by atoms with Gasteiger partial charge >= 0.3 is 0 Å². The van der Waals surface area contributed by atoms with Crippen molar-refractivity contribution in [3.05, 3.63) is 82.4 Å². The second kappa shape index (κ2) is 13.9. The molecule has 10 heteroatoms. The van der Waals surface area contributed by atoms with Crippen molar-refractivity contribution < 1.29 is 33.3 Å². The van der Waals surface area contributed by atoms with Crippen LogP contribution in [0, 0.1) is 5.92 Å². The summed E-state index contributed by atoms with van der Waals surface area (Å²) in [7, 11) is 0. The number of anilines is 2. The number of amides is 1. The number of ether oxygens (including phenoxy) is 4. The average molecular weight is 539 g/mol. The quantitative estimate of drug-likeness (QED) is 0.220. The number of nitrogens with one attached hydrogen (secondary N) is 1. The van der Waals surface area contributed by atoms with Gasteiger partial charge in [-0.3, -0.25) is 9.59 Å². The second-order valence-corrected chi connectivity index (χ2v) is 8.96. The van der Waals surface area contributed by atoms with Gasteiger partial charge in [-0.1, -0.05) is 24.3 Å². The number of hydrogen-bond acceptors (Lipinski definition) is 9. The highest BCUT2D eigenvalue weighted by atomic mass is 16.7. The number of para-hydroxylation sites is 3. The summed E-state index contributed by atoms with van der Waals surface area (Å²) in [6, 6.07) is 13.9. The first kappa shape index (κ1) is 28.3. The Bertz CT molecular complexity index is 1340. The Balaban J connectivity index is 1.65. The van der Waals surface area contributed by atoms with Crippen LogP contribution in [-0.4, -0.2) is 56.9 Å². The minimum Gasteiger partial charge on any atom is -0.464 e. The maximum Gasteiger partial charge on any atom is 0.290 e. The van der Waals surface area contributed by atoms with E-state index in [2.05, 4.69) is 5.32 Å². The summed E-state index contributed by atoms with van der Waals surface area (Å²) in [4.78, 5) is 26.8. The second-order valence-electron chi connectivity index (χ2n) is 8.96. The predicted octanol–water partition coefficient (Wildman–Crippen LogP) is 3.41. The summed E-state index contributed by atoms with van der Waals surface area (Å²) in [5.41, 5.74) is 7.54. The van der Waals surface area contributed by atoms with Gasteiger partial charge in [0.05, 0.1) is 49.5 Å². The Morgan fingerprint density at radius 2 is 1.79 bits per heavy atom. The van der Waals surface area contributed by atoms with Gasteiger partial charge in [0, 0.05) is 30.6 Å². The molecule has 1 aliphatic rings. The van der Waals surface area contributed by atoms with Gasteiger partial charge in [0.15, 0.2) is 11.2 Å². The Morgan fingerprint density at radius 1 is 1.05 bits per heavy atom. The summed E-state index contributed by atoms with van der Waals surface area (Å²) < 4.78 is 28.8. The maximum atomic E-state index is 13.6. The standard InChI is InChI=1S/C29H34N2O8/c1-2-37-29-19(11-13-35-15-16-36-14-12-32)21(22-18-38-25-10-6-3-7-20(25)27(22)33)17-26(39-29)28(34)31-24-9-5-4-8-23(24)30/h3-10,17-19,21,29,32H,2,11-16,30H2,1H3,(H,31,34)/t19-,21+,29-/m1/s1. The van der Waals surface area contributed by atoms with Gasteiger partial charge in [0.1, 0.15) is 5.58 Å². The zero-order valence-electron chi connectivity index (χ0n) is 21.8. The summed E-state index contributed by atoms with van der Waals surface area (Å²) in [5.74, 6) is -1.41. The van der Waals surface area contributed by atoms with E-state index < -0.39 is 18.1 Å². The molecule has 10 nitrogen and oxygen atoms in total. The third-order valence-electron chi connectivity index (χ3n) is 6.42. The van der Waals surface area contributed by atoms with Crippen LogP contribution in [0.5, 0.6) is 0 Å². The van der Waals surface area contributed by atoms with Crippen molar-refractivity contribution in [1.82, 2.24) is 0 Å². The molecule has 3 aromatic rings. The van der Waals surface area contributed by atoms with Gasteiger partial charge in [-0.2, -0.15) is 0 Å². The van der Waals surface area contributed by atoms with E-state index in [-0.39, 0.29) is 30.3 Å². The molecule has 0 spiro atoms. The van der Waals surface area contributed by atoms with Crippen LogP contribution in [0.2, 0.25) is 0 Å². The number of carbonyl (C=O) groups excluding carboxylic acids is 1. The monoisotopic (exact) mass is 538 g/mol. The Labute approximate surface area is 226 Å². The van der Waals surface area contributed by atoms with Crippen molar-refractivity contribution in [2.24, 2.45) is 5.92 Å². The molecule has 1 aliphatic heterocycles.